The number of alkyl halides is 3. The van der Waals surface area contributed by atoms with Gasteiger partial charge in [-0.1, -0.05) is 13.0 Å². The van der Waals surface area contributed by atoms with E-state index in [2.05, 4.69) is 9.72 Å². The van der Waals surface area contributed by atoms with Crippen molar-refractivity contribution in [1.29, 1.82) is 0 Å². The fourth-order valence-corrected chi connectivity index (χ4v) is 2.40. The van der Waals surface area contributed by atoms with Crippen LogP contribution in [0.2, 0.25) is 0 Å². The number of aromatic nitrogens is 1. The fourth-order valence-electron chi connectivity index (χ4n) is 2.40. The summed E-state index contributed by atoms with van der Waals surface area (Å²) in [6, 6.07) is 9.04. The number of hydrogen-bond acceptors (Lipinski definition) is 4. The number of rotatable bonds is 8. The molecule has 25 heavy (non-hydrogen) atoms. The summed E-state index contributed by atoms with van der Waals surface area (Å²) in [5.74, 6) is 0.150. The smallest absolute Gasteiger partial charge is 0.487 e. The van der Waals surface area contributed by atoms with E-state index in [-0.39, 0.29) is 18.0 Å². The second-order valence-corrected chi connectivity index (χ2v) is 5.25. The van der Waals surface area contributed by atoms with Crippen molar-refractivity contribution in [3.05, 3.63) is 54.4 Å². The average molecular weight is 355 g/mol. The van der Waals surface area contributed by atoms with Crippen LogP contribution in [0.25, 0.3) is 0 Å². The third-order valence-electron chi connectivity index (χ3n) is 3.44. The molecule has 0 saturated heterocycles. The van der Waals surface area contributed by atoms with E-state index in [0.717, 1.165) is 5.56 Å². The molecule has 0 bridgehead atoms. The van der Waals surface area contributed by atoms with Gasteiger partial charge in [-0.25, -0.2) is 0 Å². The van der Waals surface area contributed by atoms with Crippen LogP contribution in [-0.4, -0.2) is 24.1 Å². The first kappa shape index (κ1) is 19.1. The lowest BCUT2D eigenvalue weighted by Crippen LogP contribution is -2.27. The van der Waals surface area contributed by atoms with E-state index in [1.165, 1.54) is 24.3 Å². The fraction of sp³-hybridized carbons (Fsp3) is 0.389. The van der Waals surface area contributed by atoms with Gasteiger partial charge in [0.2, 0.25) is 0 Å². The van der Waals surface area contributed by atoms with Crippen molar-refractivity contribution >= 4 is 0 Å². The van der Waals surface area contributed by atoms with Crippen LogP contribution < -0.4 is 9.47 Å². The monoisotopic (exact) mass is 355 g/mol. The molecule has 0 spiro atoms. The maximum absolute atomic E-state index is 12.2. The zero-order valence-corrected chi connectivity index (χ0v) is 14.0. The summed E-state index contributed by atoms with van der Waals surface area (Å²) < 4.78 is 52.2. The summed E-state index contributed by atoms with van der Waals surface area (Å²) in [4.78, 5) is 4.10. The molecule has 0 radical (unpaired) electrons. The van der Waals surface area contributed by atoms with E-state index in [9.17, 15) is 13.2 Å². The molecule has 0 amide bonds. The van der Waals surface area contributed by atoms with Gasteiger partial charge in [0, 0.05) is 24.6 Å². The highest BCUT2D eigenvalue weighted by atomic mass is 19.4. The Morgan fingerprint density at radius 3 is 2.24 bits per heavy atom. The van der Waals surface area contributed by atoms with Gasteiger partial charge >= 0.3 is 6.36 Å². The van der Waals surface area contributed by atoms with Gasteiger partial charge < -0.3 is 14.2 Å². The molecule has 7 heteroatoms. The van der Waals surface area contributed by atoms with Crippen molar-refractivity contribution in [3.63, 3.8) is 0 Å². The molecule has 0 fully saturated rings. The Hall–Kier alpha value is -2.28. The first-order chi connectivity index (χ1) is 11.9. The molecule has 1 aromatic carbocycles. The molecule has 136 valence electrons. The molecule has 0 N–H and O–H groups in total. The molecule has 2 aromatic rings. The van der Waals surface area contributed by atoms with Crippen molar-refractivity contribution in [2.24, 2.45) is 0 Å². The summed E-state index contributed by atoms with van der Waals surface area (Å²) in [7, 11) is 0. The van der Waals surface area contributed by atoms with E-state index >= 15 is 0 Å². The van der Waals surface area contributed by atoms with E-state index in [1.54, 1.807) is 12.4 Å². The molecular weight excluding hydrogens is 335 g/mol. The molecule has 0 aliphatic rings. The van der Waals surface area contributed by atoms with Gasteiger partial charge in [0.1, 0.15) is 23.7 Å². The number of pyridine rings is 1. The van der Waals surface area contributed by atoms with Crippen LogP contribution in [0.5, 0.6) is 11.5 Å². The Kier molecular flexibility index (Phi) is 6.64. The van der Waals surface area contributed by atoms with Crippen molar-refractivity contribution in [1.82, 2.24) is 4.98 Å². The van der Waals surface area contributed by atoms with Crippen LogP contribution >= 0.6 is 0 Å². The van der Waals surface area contributed by atoms with Crippen LogP contribution in [0.3, 0.4) is 0 Å². The van der Waals surface area contributed by atoms with Gasteiger partial charge in [-0.3, -0.25) is 4.98 Å². The summed E-state index contributed by atoms with van der Waals surface area (Å²) in [6.45, 7) is 4.34. The molecule has 0 aliphatic heterocycles. The second kappa shape index (κ2) is 8.71. The highest BCUT2D eigenvalue weighted by Crippen LogP contribution is 2.29. The standard InChI is InChI=1S/C18H20F3NO3/c1-3-16(17(23-4-2)13-6-5-11-22-12-13)24-14-7-9-15(10-8-14)25-18(19,20)21/h5-12,16-17H,3-4H2,1-2H3. The predicted molar refractivity (Wildman–Crippen MR) is 86.4 cm³/mol. The summed E-state index contributed by atoms with van der Waals surface area (Å²) >= 11 is 0. The lowest BCUT2D eigenvalue weighted by atomic mass is 10.0. The molecule has 1 heterocycles. The number of benzene rings is 1. The molecule has 2 unspecified atom stereocenters. The molecule has 0 saturated carbocycles. The highest BCUT2D eigenvalue weighted by molar-refractivity contribution is 5.31. The van der Waals surface area contributed by atoms with Crippen LogP contribution in [0, 0.1) is 0 Å². The summed E-state index contributed by atoms with van der Waals surface area (Å²) in [5.41, 5.74) is 0.883. The lowest BCUT2D eigenvalue weighted by Gasteiger charge is -2.27. The number of ether oxygens (including phenoxy) is 3. The number of hydrogen-bond donors (Lipinski definition) is 0. The quantitative estimate of drug-likeness (QED) is 0.674. The maximum Gasteiger partial charge on any atom is 0.573 e. The van der Waals surface area contributed by atoms with Gasteiger partial charge in [-0.15, -0.1) is 13.2 Å². The van der Waals surface area contributed by atoms with E-state index < -0.39 is 6.36 Å². The van der Waals surface area contributed by atoms with Crippen LogP contribution in [0.1, 0.15) is 31.9 Å². The zero-order valence-electron chi connectivity index (χ0n) is 14.0. The van der Waals surface area contributed by atoms with Crippen molar-refractivity contribution in [3.8, 4) is 11.5 Å². The van der Waals surface area contributed by atoms with Gasteiger partial charge in [-0.05, 0) is 43.7 Å². The summed E-state index contributed by atoms with van der Waals surface area (Å²) in [5, 5.41) is 0. The van der Waals surface area contributed by atoms with E-state index in [0.29, 0.717) is 18.8 Å². The van der Waals surface area contributed by atoms with Crippen molar-refractivity contribution in [2.75, 3.05) is 6.61 Å². The highest BCUT2D eigenvalue weighted by Gasteiger charge is 2.31. The Balaban J connectivity index is 2.11. The Morgan fingerprint density at radius 2 is 1.72 bits per heavy atom. The number of halogens is 3. The predicted octanol–water partition coefficient (Wildman–Crippen LogP) is 4.92. The third kappa shape index (κ3) is 5.94. The van der Waals surface area contributed by atoms with E-state index in [4.69, 9.17) is 9.47 Å². The Labute approximate surface area is 144 Å². The maximum atomic E-state index is 12.2. The Bertz CT molecular complexity index is 632. The number of nitrogens with zero attached hydrogens (tertiary/aromatic N) is 1. The van der Waals surface area contributed by atoms with Crippen LogP contribution in [0.15, 0.2) is 48.8 Å². The minimum absolute atomic E-state index is 0.290. The van der Waals surface area contributed by atoms with Gasteiger partial charge in [0.25, 0.3) is 0 Å². The second-order valence-electron chi connectivity index (χ2n) is 5.25. The minimum Gasteiger partial charge on any atom is -0.487 e. The molecule has 2 rings (SSSR count). The molecule has 2 atom stereocenters. The van der Waals surface area contributed by atoms with Gasteiger partial charge in [0.15, 0.2) is 0 Å². The minimum atomic E-state index is -4.71. The first-order valence-electron chi connectivity index (χ1n) is 7.97. The van der Waals surface area contributed by atoms with Gasteiger partial charge in [-0.2, -0.15) is 0 Å². The summed E-state index contributed by atoms with van der Waals surface area (Å²) in [6.07, 6.45) is -1.30. The first-order valence-corrected chi connectivity index (χ1v) is 7.97. The van der Waals surface area contributed by atoms with Crippen molar-refractivity contribution in [2.45, 2.75) is 38.8 Å². The SMILES string of the molecule is CCOC(c1cccnc1)C(CC)Oc1ccc(OC(F)(F)F)cc1. The molecule has 4 nitrogen and oxygen atoms in total. The average Bonchev–Trinajstić information content (AvgIpc) is 2.59. The molecular formula is C18H20F3NO3. The van der Waals surface area contributed by atoms with Crippen molar-refractivity contribution < 1.29 is 27.4 Å². The lowest BCUT2D eigenvalue weighted by molar-refractivity contribution is -0.274. The van der Waals surface area contributed by atoms with E-state index in [1.807, 2.05) is 26.0 Å². The van der Waals surface area contributed by atoms with Crippen LogP contribution in [0.4, 0.5) is 13.2 Å². The molecule has 1 aromatic heterocycles. The Morgan fingerprint density at radius 1 is 1.04 bits per heavy atom. The largest absolute Gasteiger partial charge is 0.573 e. The normalized spacial score (nSPS) is 14.0. The third-order valence-corrected chi connectivity index (χ3v) is 3.44. The van der Waals surface area contributed by atoms with Gasteiger partial charge in [0.05, 0.1) is 0 Å². The molecule has 0 aliphatic carbocycles. The van der Waals surface area contributed by atoms with Crippen LogP contribution in [-0.2, 0) is 4.74 Å². The topological polar surface area (TPSA) is 40.6 Å². The zero-order chi connectivity index (χ0) is 18.3.